The predicted octanol–water partition coefficient (Wildman–Crippen LogP) is 5.80. The van der Waals surface area contributed by atoms with Crippen LogP contribution in [0.4, 0.5) is 0 Å². The Hall–Kier alpha value is -2.92. The van der Waals surface area contributed by atoms with Crippen LogP contribution < -0.4 is 5.32 Å². The van der Waals surface area contributed by atoms with Gasteiger partial charge in [0.2, 0.25) is 0 Å². The second-order valence-corrected chi connectivity index (χ2v) is 7.69. The van der Waals surface area contributed by atoms with Crippen molar-refractivity contribution in [2.75, 3.05) is 0 Å². The Kier molecular flexibility index (Phi) is 5.01. The van der Waals surface area contributed by atoms with Crippen molar-refractivity contribution in [2.45, 2.75) is 20.4 Å². The Morgan fingerprint density at radius 3 is 2.68 bits per heavy atom. The van der Waals surface area contributed by atoms with Crippen LogP contribution >= 0.6 is 15.9 Å². The number of nitrogens with zero attached hydrogens (tertiary/aromatic N) is 1. The molecule has 0 saturated carbocycles. The van der Waals surface area contributed by atoms with Gasteiger partial charge in [0.1, 0.15) is 5.76 Å². The van der Waals surface area contributed by atoms with Gasteiger partial charge >= 0.3 is 0 Å². The highest BCUT2D eigenvalue weighted by molar-refractivity contribution is 9.10. The van der Waals surface area contributed by atoms with Gasteiger partial charge in [0.25, 0.3) is 5.91 Å². The van der Waals surface area contributed by atoms with Gasteiger partial charge in [-0.3, -0.25) is 4.79 Å². The summed E-state index contributed by atoms with van der Waals surface area (Å²) < 4.78 is 6.21. The zero-order valence-electron chi connectivity index (χ0n) is 15.6. The van der Waals surface area contributed by atoms with Crippen LogP contribution in [0.1, 0.15) is 27.2 Å². The van der Waals surface area contributed by atoms with Crippen molar-refractivity contribution in [3.8, 4) is 11.3 Å². The number of furan rings is 1. The maximum atomic E-state index is 13.0. The highest BCUT2D eigenvalue weighted by Crippen LogP contribution is 2.28. The average Bonchev–Trinajstić information content (AvgIpc) is 3.21. The summed E-state index contributed by atoms with van der Waals surface area (Å²) in [7, 11) is 0. The lowest BCUT2D eigenvalue weighted by Gasteiger charge is -2.11. The molecule has 0 aliphatic rings. The van der Waals surface area contributed by atoms with Crippen molar-refractivity contribution in [3.63, 3.8) is 0 Å². The second-order valence-electron chi connectivity index (χ2n) is 6.78. The van der Waals surface area contributed by atoms with Crippen molar-refractivity contribution in [2.24, 2.45) is 0 Å². The van der Waals surface area contributed by atoms with Crippen LogP contribution in [0.2, 0.25) is 0 Å². The molecule has 0 fully saturated rings. The zero-order valence-corrected chi connectivity index (χ0v) is 17.2. The molecule has 0 saturated heterocycles. The van der Waals surface area contributed by atoms with Crippen LogP contribution in [0.5, 0.6) is 0 Å². The molecule has 4 aromatic rings. The van der Waals surface area contributed by atoms with Gasteiger partial charge in [-0.05, 0) is 67.4 Å². The van der Waals surface area contributed by atoms with E-state index in [1.54, 1.807) is 12.3 Å². The quantitative estimate of drug-likeness (QED) is 0.441. The van der Waals surface area contributed by atoms with Crippen molar-refractivity contribution in [1.82, 2.24) is 10.3 Å². The monoisotopic (exact) mass is 434 g/mol. The number of hydrogen-bond acceptors (Lipinski definition) is 3. The second kappa shape index (κ2) is 7.60. The maximum Gasteiger partial charge on any atom is 0.252 e. The number of benzene rings is 2. The largest absolute Gasteiger partial charge is 0.467 e. The summed E-state index contributed by atoms with van der Waals surface area (Å²) in [5.41, 5.74) is 5.56. The molecule has 2 aromatic carbocycles. The fraction of sp³-hybridized carbons (Fsp3) is 0.130. The van der Waals surface area contributed by atoms with Crippen LogP contribution in [0.25, 0.3) is 22.2 Å². The lowest BCUT2D eigenvalue weighted by Crippen LogP contribution is -2.23. The number of halogens is 1. The van der Waals surface area contributed by atoms with Gasteiger partial charge in [0.15, 0.2) is 0 Å². The molecule has 1 N–H and O–H groups in total. The fourth-order valence-corrected chi connectivity index (χ4v) is 3.47. The standard InChI is InChI=1S/C23H19BrN2O2/c1-14-5-6-16(10-15(14)2)22-12-20(19-11-17(24)7-8-21(19)26-22)23(27)25-13-18-4-3-9-28-18/h3-12H,13H2,1-2H3,(H,25,27). The van der Waals surface area contributed by atoms with E-state index in [-0.39, 0.29) is 5.91 Å². The first kappa shape index (κ1) is 18.4. The van der Waals surface area contributed by atoms with Gasteiger partial charge in [-0.1, -0.05) is 28.1 Å². The third kappa shape index (κ3) is 3.71. The molecule has 5 heteroatoms. The number of rotatable bonds is 4. The first-order chi connectivity index (χ1) is 13.5. The molecule has 4 nitrogen and oxygen atoms in total. The summed E-state index contributed by atoms with van der Waals surface area (Å²) >= 11 is 3.49. The lowest BCUT2D eigenvalue weighted by molar-refractivity contribution is 0.0949. The van der Waals surface area contributed by atoms with E-state index in [9.17, 15) is 4.79 Å². The topological polar surface area (TPSA) is 55.1 Å². The van der Waals surface area contributed by atoms with Crippen molar-refractivity contribution in [3.05, 3.63) is 87.8 Å². The van der Waals surface area contributed by atoms with E-state index in [0.29, 0.717) is 17.9 Å². The summed E-state index contributed by atoms with van der Waals surface area (Å²) in [6.45, 7) is 4.49. The van der Waals surface area contributed by atoms with Crippen LogP contribution in [0.3, 0.4) is 0 Å². The molecule has 0 unspecified atom stereocenters. The Labute approximate surface area is 171 Å². The molecule has 0 spiro atoms. The third-order valence-corrected chi connectivity index (χ3v) is 5.31. The molecule has 0 aliphatic heterocycles. The van der Waals surface area contributed by atoms with E-state index >= 15 is 0 Å². The minimum absolute atomic E-state index is 0.160. The van der Waals surface area contributed by atoms with Crippen molar-refractivity contribution < 1.29 is 9.21 Å². The summed E-state index contributed by atoms with van der Waals surface area (Å²) in [6, 6.07) is 17.5. The van der Waals surface area contributed by atoms with Gasteiger partial charge in [-0.2, -0.15) is 0 Å². The van der Waals surface area contributed by atoms with Gasteiger partial charge in [0.05, 0.1) is 29.6 Å². The molecule has 2 aromatic heterocycles. The van der Waals surface area contributed by atoms with Crippen LogP contribution in [-0.2, 0) is 6.54 Å². The number of aromatic nitrogens is 1. The first-order valence-electron chi connectivity index (χ1n) is 9.00. The van der Waals surface area contributed by atoms with E-state index in [0.717, 1.165) is 26.6 Å². The van der Waals surface area contributed by atoms with Gasteiger partial charge in [-0.25, -0.2) is 4.98 Å². The number of amides is 1. The number of pyridine rings is 1. The van der Waals surface area contributed by atoms with Gasteiger partial charge in [-0.15, -0.1) is 0 Å². The first-order valence-corrected chi connectivity index (χ1v) is 9.79. The van der Waals surface area contributed by atoms with Gasteiger partial charge < -0.3 is 9.73 Å². The smallest absolute Gasteiger partial charge is 0.252 e. The summed E-state index contributed by atoms with van der Waals surface area (Å²) in [5.74, 6) is 0.550. The molecule has 0 aliphatic carbocycles. The summed E-state index contributed by atoms with van der Waals surface area (Å²) in [4.78, 5) is 17.8. The molecule has 2 heterocycles. The molecule has 28 heavy (non-hydrogen) atoms. The number of carbonyl (C=O) groups is 1. The minimum atomic E-state index is -0.160. The van der Waals surface area contributed by atoms with Crippen molar-refractivity contribution in [1.29, 1.82) is 0 Å². The van der Waals surface area contributed by atoms with Gasteiger partial charge in [0, 0.05) is 15.4 Å². The number of hydrogen-bond donors (Lipinski definition) is 1. The fourth-order valence-electron chi connectivity index (χ4n) is 3.11. The Morgan fingerprint density at radius 1 is 1.07 bits per heavy atom. The Bertz CT molecular complexity index is 1170. The SMILES string of the molecule is Cc1ccc(-c2cc(C(=O)NCc3ccco3)c3cc(Br)ccc3n2)cc1C. The predicted molar refractivity (Wildman–Crippen MR) is 114 cm³/mol. The molecule has 4 rings (SSSR count). The third-order valence-electron chi connectivity index (χ3n) is 4.82. The number of carbonyl (C=O) groups excluding carboxylic acids is 1. The number of nitrogens with one attached hydrogen (secondary N) is 1. The summed E-state index contributed by atoms with van der Waals surface area (Å²) in [5, 5.41) is 3.74. The highest BCUT2D eigenvalue weighted by atomic mass is 79.9. The summed E-state index contributed by atoms with van der Waals surface area (Å²) in [6.07, 6.45) is 1.60. The highest BCUT2D eigenvalue weighted by Gasteiger charge is 2.15. The van der Waals surface area contributed by atoms with Crippen molar-refractivity contribution >= 4 is 32.7 Å². The Morgan fingerprint density at radius 2 is 1.93 bits per heavy atom. The number of fused-ring (bicyclic) bond motifs is 1. The maximum absolute atomic E-state index is 13.0. The molecule has 0 bridgehead atoms. The van der Waals surface area contributed by atoms with Crippen LogP contribution in [-0.4, -0.2) is 10.9 Å². The van der Waals surface area contributed by atoms with E-state index in [1.165, 1.54) is 11.1 Å². The zero-order chi connectivity index (χ0) is 19.7. The molecule has 140 valence electrons. The number of aryl methyl sites for hydroxylation is 2. The van der Waals surface area contributed by atoms with E-state index in [2.05, 4.69) is 47.2 Å². The average molecular weight is 435 g/mol. The molecular weight excluding hydrogens is 416 g/mol. The molecule has 0 atom stereocenters. The normalized spacial score (nSPS) is 11.0. The molecule has 1 amide bonds. The van der Waals surface area contributed by atoms with E-state index < -0.39 is 0 Å². The van der Waals surface area contributed by atoms with Crippen LogP contribution in [0.15, 0.2) is 69.8 Å². The Balaban J connectivity index is 1.79. The lowest BCUT2D eigenvalue weighted by atomic mass is 10.0. The van der Waals surface area contributed by atoms with E-state index in [4.69, 9.17) is 9.40 Å². The minimum Gasteiger partial charge on any atom is -0.467 e. The van der Waals surface area contributed by atoms with Crippen LogP contribution in [0, 0.1) is 13.8 Å². The van der Waals surface area contributed by atoms with E-state index in [1.807, 2.05) is 36.4 Å². The molecule has 0 radical (unpaired) electrons. The molecular formula is C23H19BrN2O2.